The molecule has 0 radical (unpaired) electrons. The highest BCUT2D eigenvalue weighted by molar-refractivity contribution is 6.29. The van der Waals surface area contributed by atoms with Gasteiger partial charge in [0.25, 0.3) is 0 Å². The van der Waals surface area contributed by atoms with E-state index in [1.54, 1.807) is 16.9 Å². The third-order valence-electron chi connectivity index (χ3n) is 2.38. The maximum atomic E-state index is 5.95. The number of nitrogens with zero attached hydrogens (tertiary/aromatic N) is 4. The standard InChI is InChI=1S/C10H9ClN4/c11-8-6-9(15-5-1-4-12-15)14-10(13-8)7-2-3-7/h1,4-7H,2-3H2. The Bertz CT molecular complexity index is 476. The molecular weight excluding hydrogens is 212 g/mol. The molecule has 2 aromatic heterocycles. The van der Waals surface area contributed by atoms with E-state index in [1.807, 2.05) is 12.3 Å². The molecule has 0 N–H and O–H groups in total. The van der Waals surface area contributed by atoms with Gasteiger partial charge in [0.1, 0.15) is 11.0 Å². The Morgan fingerprint density at radius 3 is 2.87 bits per heavy atom. The topological polar surface area (TPSA) is 43.6 Å². The zero-order valence-electron chi connectivity index (χ0n) is 7.97. The Morgan fingerprint density at radius 1 is 1.33 bits per heavy atom. The molecule has 1 aliphatic rings. The number of hydrogen-bond acceptors (Lipinski definition) is 3. The molecular formula is C10H9ClN4. The highest BCUT2D eigenvalue weighted by Gasteiger charge is 2.27. The van der Waals surface area contributed by atoms with Crippen LogP contribution in [-0.2, 0) is 0 Å². The molecule has 0 spiro atoms. The molecule has 0 unspecified atom stereocenters. The zero-order chi connectivity index (χ0) is 10.3. The molecule has 1 saturated carbocycles. The van der Waals surface area contributed by atoms with Gasteiger partial charge in [0.05, 0.1) is 0 Å². The van der Waals surface area contributed by atoms with E-state index in [1.165, 1.54) is 12.8 Å². The fraction of sp³-hybridized carbons (Fsp3) is 0.300. The normalized spacial score (nSPS) is 15.5. The largest absolute Gasteiger partial charge is 0.223 e. The first-order valence-electron chi connectivity index (χ1n) is 4.87. The van der Waals surface area contributed by atoms with Crippen LogP contribution in [0.5, 0.6) is 0 Å². The Morgan fingerprint density at radius 2 is 2.20 bits per heavy atom. The minimum atomic E-state index is 0.484. The fourth-order valence-corrected chi connectivity index (χ4v) is 1.65. The summed E-state index contributed by atoms with van der Waals surface area (Å²) < 4.78 is 1.69. The fourth-order valence-electron chi connectivity index (χ4n) is 1.47. The lowest BCUT2D eigenvalue weighted by atomic mass is 10.4. The van der Waals surface area contributed by atoms with E-state index in [4.69, 9.17) is 11.6 Å². The molecule has 2 aromatic rings. The van der Waals surface area contributed by atoms with Gasteiger partial charge in [0, 0.05) is 24.4 Å². The third kappa shape index (κ3) is 1.72. The van der Waals surface area contributed by atoms with E-state index < -0.39 is 0 Å². The van der Waals surface area contributed by atoms with Crippen molar-refractivity contribution in [3.63, 3.8) is 0 Å². The number of hydrogen-bond donors (Lipinski definition) is 0. The molecule has 0 aromatic carbocycles. The van der Waals surface area contributed by atoms with E-state index in [9.17, 15) is 0 Å². The van der Waals surface area contributed by atoms with Crippen LogP contribution < -0.4 is 0 Å². The van der Waals surface area contributed by atoms with Crippen LogP contribution in [0.25, 0.3) is 5.82 Å². The molecule has 15 heavy (non-hydrogen) atoms. The molecule has 76 valence electrons. The molecule has 4 nitrogen and oxygen atoms in total. The van der Waals surface area contributed by atoms with Crippen molar-refractivity contribution in [1.29, 1.82) is 0 Å². The molecule has 3 rings (SSSR count). The number of aromatic nitrogens is 4. The molecule has 0 saturated heterocycles. The summed E-state index contributed by atoms with van der Waals surface area (Å²) in [7, 11) is 0. The SMILES string of the molecule is Clc1cc(-n2cccn2)nc(C2CC2)n1. The van der Waals surface area contributed by atoms with Crippen molar-refractivity contribution in [3.05, 3.63) is 35.5 Å². The van der Waals surface area contributed by atoms with Crippen LogP contribution in [0.4, 0.5) is 0 Å². The highest BCUT2D eigenvalue weighted by atomic mass is 35.5. The van der Waals surface area contributed by atoms with Crippen LogP contribution in [0.3, 0.4) is 0 Å². The van der Waals surface area contributed by atoms with Gasteiger partial charge in [-0.3, -0.25) is 0 Å². The number of halogens is 1. The maximum absolute atomic E-state index is 5.95. The smallest absolute Gasteiger partial charge is 0.158 e. The summed E-state index contributed by atoms with van der Waals surface area (Å²) in [6.45, 7) is 0. The van der Waals surface area contributed by atoms with Crippen molar-refractivity contribution in [1.82, 2.24) is 19.7 Å². The van der Waals surface area contributed by atoms with Gasteiger partial charge in [0.15, 0.2) is 5.82 Å². The second kappa shape index (κ2) is 3.31. The van der Waals surface area contributed by atoms with Gasteiger partial charge < -0.3 is 0 Å². The molecule has 0 atom stereocenters. The first kappa shape index (κ1) is 8.85. The molecule has 1 fully saturated rings. The van der Waals surface area contributed by atoms with Crippen molar-refractivity contribution >= 4 is 11.6 Å². The first-order valence-corrected chi connectivity index (χ1v) is 5.25. The van der Waals surface area contributed by atoms with Gasteiger partial charge in [-0.25, -0.2) is 14.6 Å². The van der Waals surface area contributed by atoms with Crippen LogP contribution in [-0.4, -0.2) is 19.7 Å². The summed E-state index contributed by atoms with van der Waals surface area (Å²) in [6, 6.07) is 3.58. The summed E-state index contributed by atoms with van der Waals surface area (Å²) in [5.74, 6) is 2.08. The van der Waals surface area contributed by atoms with E-state index in [0.717, 1.165) is 11.6 Å². The third-order valence-corrected chi connectivity index (χ3v) is 2.57. The summed E-state index contributed by atoms with van der Waals surface area (Å²) in [4.78, 5) is 8.66. The van der Waals surface area contributed by atoms with E-state index in [-0.39, 0.29) is 0 Å². The van der Waals surface area contributed by atoms with Gasteiger partial charge in [-0.15, -0.1) is 0 Å². The van der Waals surface area contributed by atoms with Crippen molar-refractivity contribution in [2.75, 3.05) is 0 Å². The molecule has 0 aliphatic heterocycles. The minimum absolute atomic E-state index is 0.484. The zero-order valence-corrected chi connectivity index (χ0v) is 8.72. The first-order chi connectivity index (χ1) is 7.33. The minimum Gasteiger partial charge on any atom is -0.223 e. The molecule has 5 heteroatoms. The van der Waals surface area contributed by atoms with Crippen molar-refractivity contribution in [3.8, 4) is 5.82 Å². The summed E-state index contributed by atoms with van der Waals surface area (Å²) in [6.07, 6.45) is 5.89. The predicted molar refractivity (Wildman–Crippen MR) is 56.1 cm³/mol. The average Bonchev–Trinajstić information content (AvgIpc) is 2.93. The summed E-state index contributed by atoms with van der Waals surface area (Å²) >= 11 is 5.95. The van der Waals surface area contributed by atoms with Gasteiger partial charge >= 0.3 is 0 Å². The lowest BCUT2D eigenvalue weighted by molar-refractivity contribution is 0.810. The Kier molecular flexibility index (Phi) is 1.95. The second-order valence-electron chi connectivity index (χ2n) is 3.63. The Hall–Kier alpha value is -1.42. The maximum Gasteiger partial charge on any atom is 0.158 e. The molecule has 1 aliphatic carbocycles. The van der Waals surface area contributed by atoms with E-state index in [0.29, 0.717) is 11.1 Å². The van der Waals surface area contributed by atoms with Gasteiger partial charge in [-0.05, 0) is 18.9 Å². The number of rotatable bonds is 2. The summed E-state index contributed by atoms with van der Waals surface area (Å²) in [5, 5.41) is 4.60. The van der Waals surface area contributed by atoms with Gasteiger partial charge in [-0.1, -0.05) is 11.6 Å². The van der Waals surface area contributed by atoms with Crippen molar-refractivity contribution in [2.24, 2.45) is 0 Å². The molecule has 2 heterocycles. The van der Waals surface area contributed by atoms with E-state index in [2.05, 4.69) is 15.1 Å². The van der Waals surface area contributed by atoms with Crippen LogP contribution in [0.15, 0.2) is 24.5 Å². The summed E-state index contributed by atoms with van der Waals surface area (Å²) in [5.41, 5.74) is 0. The van der Waals surface area contributed by atoms with Crippen LogP contribution in [0.1, 0.15) is 24.6 Å². The Labute approximate surface area is 91.9 Å². The van der Waals surface area contributed by atoms with Crippen molar-refractivity contribution in [2.45, 2.75) is 18.8 Å². The highest BCUT2D eigenvalue weighted by Crippen LogP contribution is 2.38. The van der Waals surface area contributed by atoms with Crippen LogP contribution in [0.2, 0.25) is 5.15 Å². The molecule has 0 amide bonds. The van der Waals surface area contributed by atoms with Crippen LogP contribution in [0, 0.1) is 0 Å². The van der Waals surface area contributed by atoms with Gasteiger partial charge in [0.2, 0.25) is 0 Å². The average molecular weight is 221 g/mol. The van der Waals surface area contributed by atoms with E-state index >= 15 is 0 Å². The Balaban J connectivity index is 2.07. The molecule has 0 bridgehead atoms. The monoisotopic (exact) mass is 220 g/mol. The lowest BCUT2D eigenvalue weighted by Gasteiger charge is -2.03. The second-order valence-corrected chi connectivity index (χ2v) is 4.02. The quantitative estimate of drug-likeness (QED) is 0.729. The predicted octanol–water partition coefficient (Wildman–Crippen LogP) is 2.19. The van der Waals surface area contributed by atoms with Crippen molar-refractivity contribution < 1.29 is 0 Å². The lowest BCUT2D eigenvalue weighted by Crippen LogP contribution is -2.02. The van der Waals surface area contributed by atoms with Gasteiger partial charge in [-0.2, -0.15) is 5.10 Å². The van der Waals surface area contributed by atoms with Crippen LogP contribution >= 0.6 is 11.6 Å².